The van der Waals surface area contributed by atoms with Crippen molar-refractivity contribution in [3.8, 4) is 0 Å². The molecule has 20 heavy (non-hydrogen) atoms. The van der Waals surface area contributed by atoms with Crippen LogP contribution in [-0.2, 0) is 13.5 Å². The summed E-state index contributed by atoms with van der Waals surface area (Å²) < 4.78 is 1.79. The zero-order valence-electron chi connectivity index (χ0n) is 10.7. The van der Waals surface area contributed by atoms with Crippen molar-refractivity contribution >= 4 is 34.8 Å². The Kier molecular flexibility index (Phi) is 4.46. The number of nitrogens with one attached hydrogen (secondary N) is 1. The van der Waals surface area contributed by atoms with E-state index in [1.54, 1.807) is 10.9 Å². The Hall–Kier alpha value is -1.79. The zero-order chi connectivity index (χ0) is 14.7. The normalized spacial score (nSPS) is 10.6. The average molecular weight is 314 g/mol. The number of aromatic nitrogens is 3. The van der Waals surface area contributed by atoms with Gasteiger partial charge in [0.1, 0.15) is 12.2 Å². The van der Waals surface area contributed by atoms with Gasteiger partial charge in [-0.2, -0.15) is 0 Å². The Bertz CT molecular complexity index is 641. The largest absolute Gasteiger partial charge is 0.399 e. The number of aryl methyl sites for hydroxylation is 1. The number of benzene rings is 1. The second-order valence-electron chi connectivity index (χ2n) is 4.23. The third-order valence-corrected chi connectivity index (χ3v) is 3.54. The highest BCUT2D eigenvalue weighted by Gasteiger charge is 2.14. The quantitative estimate of drug-likeness (QED) is 0.841. The van der Waals surface area contributed by atoms with E-state index >= 15 is 0 Å². The molecule has 8 heteroatoms. The van der Waals surface area contributed by atoms with E-state index < -0.39 is 0 Å². The lowest BCUT2D eigenvalue weighted by atomic mass is 10.2. The number of carbonyl (C=O) groups is 1. The Labute approximate surface area is 125 Å². The zero-order valence-corrected chi connectivity index (χ0v) is 12.2. The molecule has 106 valence electrons. The molecule has 0 atom stereocenters. The first-order valence-electron chi connectivity index (χ1n) is 5.84. The third-order valence-electron chi connectivity index (χ3n) is 2.73. The first-order chi connectivity index (χ1) is 9.49. The molecule has 1 amide bonds. The molecule has 0 radical (unpaired) electrons. The van der Waals surface area contributed by atoms with Crippen LogP contribution in [0.5, 0.6) is 0 Å². The number of halogens is 2. The van der Waals surface area contributed by atoms with Gasteiger partial charge in [0.25, 0.3) is 5.91 Å². The summed E-state index contributed by atoms with van der Waals surface area (Å²) in [6.45, 7) is 0.411. The first kappa shape index (κ1) is 14.6. The van der Waals surface area contributed by atoms with Crippen molar-refractivity contribution in [3.63, 3.8) is 0 Å². The van der Waals surface area contributed by atoms with Crippen LogP contribution in [0.3, 0.4) is 0 Å². The maximum absolute atomic E-state index is 12.0. The predicted octanol–water partition coefficient (Wildman–Crippen LogP) is 1.68. The van der Waals surface area contributed by atoms with Gasteiger partial charge in [0.15, 0.2) is 0 Å². The molecule has 0 spiro atoms. The first-order valence-corrected chi connectivity index (χ1v) is 6.60. The molecule has 0 aliphatic carbocycles. The number of nitrogen functional groups attached to an aromatic ring is 1. The van der Waals surface area contributed by atoms with Crippen molar-refractivity contribution < 1.29 is 4.79 Å². The lowest BCUT2D eigenvalue weighted by molar-refractivity contribution is 0.0954. The van der Waals surface area contributed by atoms with Crippen LogP contribution in [-0.4, -0.2) is 27.2 Å². The Morgan fingerprint density at radius 3 is 2.85 bits per heavy atom. The van der Waals surface area contributed by atoms with Crippen LogP contribution in [0.25, 0.3) is 0 Å². The predicted molar refractivity (Wildman–Crippen MR) is 77.9 cm³/mol. The minimum Gasteiger partial charge on any atom is -0.399 e. The van der Waals surface area contributed by atoms with Crippen molar-refractivity contribution in [1.29, 1.82) is 0 Å². The molecule has 1 aromatic heterocycles. The van der Waals surface area contributed by atoms with Gasteiger partial charge >= 0.3 is 0 Å². The minimum absolute atomic E-state index is 0.192. The maximum Gasteiger partial charge on any atom is 0.252 e. The molecule has 0 bridgehead atoms. The van der Waals surface area contributed by atoms with Crippen molar-refractivity contribution in [2.24, 2.45) is 7.05 Å². The summed E-state index contributed by atoms with van der Waals surface area (Å²) in [6, 6.07) is 2.99. The van der Waals surface area contributed by atoms with Gasteiger partial charge in [-0.15, -0.1) is 10.2 Å². The molecule has 0 aliphatic rings. The Balaban J connectivity index is 2.01. The van der Waals surface area contributed by atoms with Gasteiger partial charge in [0.05, 0.1) is 15.6 Å². The van der Waals surface area contributed by atoms with Crippen LogP contribution in [0.1, 0.15) is 16.2 Å². The molecule has 0 saturated heterocycles. The van der Waals surface area contributed by atoms with E-state index in [1.165, 1.54) is 12.1 Å². The summed E-state index contributed by atoms with van der Waals surface area (Å²) in [5.74, 6) is 0.452. The van der Waals surface area contributed by atoms with Crippen molar-refractivity contribution in [2.75, 3.05) is 12.3 Å². The van der Waals surface area contributed by atoms with Crippen molar-refractivity contribution in [1.82, 2.24) is 20.1 Å². The Morgan fingerprint density at radius 1 is 1.45 bits per heavy atom. The standard InChI is InChI=1S/C12H13Cl2N5O/c1-19-6-17-18-10(19)2-3-16-12(20)8-4-7(15)5-9(13)11(8)14/h4-6H,2-3,15H2,1H3,(H,16,20). The van der Waals surface area contributed by atoms with Gasteiger partial charge in [0.2, 0.25) is 0 Å². The minimum atomic E-state index is -0.327. The number of nitrogens with two attached hydrogens (primary N) is 1. The molecule has 2 aromatic rings. The molecule has 1 heterocycles. The number of anilines is 1. The van der Waals surface area contributed by atoms with Crippen LogP contribution in [0.4, 0.5) is 5.69 Å². The highest BCUT2D eigenvalue weighted by Crippen LogP contribution is 2.28. The number of amides is 1. The van der Waals surface area contributed by atoms with Crippen LogP contribution >= 0.6 is 23.2 Å². The molecule has 1 aromatic carbocycles. The summed E-state index contributed by atoms with van der Waals surface area (Å²) in [7, 11) is 1.84. The Morgan fingerprint density at radius 2 is 2.20 bits per heavy atom. The molecule has 0 unspecified atom stereocenters. The van der Waals surface area contributed by atoms with Crippen LogP contribution < -0.4 is 11.1 Å². The summed E-state index contributed by atoms with van der Waals surface area (Å²) in [5, 5.41) is 10.9. The van der Waals surface area contributed by atoms with Crippen LogP contribution in [0, 0.1) is 0 Å². The van der Waals surface area contributed by atoms with Gasteiger partial charge in [-0.3, -0.25) is 4.79 Å². The molecule has 0 aliphatic heterocycles. The topological polar surface area (TPSA) is 85.8 Å². The monoisotopic (exact) mass is 313 g/mol. The summed E-state index contributed by atoms with van der Waals surface area (Å²) in [5.41, 5.74) is 6.29. The molecule has 3 N–H and O–H groups in total. The van der Waals surface area contributed by atoms with Gasteiger partial charge in [-0.25, -0.2) is 0 Å². The van der Waals surface area contributed by atoms with E-state index in [9.17, 15) is 4.79 Å². The van der Waals surface area contributed by atoms with Crippen molar-refractivity contribution in [2.45, 2.75) is 6.42 Å². The summed E-state index contributed by atoms with van der Waals surface area (Å²) >= 11 is 11.9. The number of hydrogen-bond donors (Lipinski definition) is 2. The smallest absolute Gasteiger partial charge is 0.252 e. The average Bonchev–Trinajstić information content (AvgIpc) is 2.79. The van der Waals surface area contributed by atoms with Gasteiger partial charge in [0, 0.05) is 25.7 Å². The van der Waals surface area contributed by atoms with Crippen molar-refractivity contribution in [3.05, 3.63) is 39.9 Å². The SMILES string of the molecule is Cn1cnnc1CCNC(=O)c1cc(N)cc(Cl)c1Cl. The fourth-order valence-electron chi connectivity index (χ4n) is 1.69. The fourth-order valence-corrected chi connectivity index (χ4v) is 2.11. The number of hydrogen-bond acceptors (Lipinski definition) is 4. The number of nitrogens with zero attached hydrogens (tertiary/aromatic N) is 3. The number of rotatable bonds is 4. The highest BCUT2D eigenvalue weighted by molar-refractivity contribution is 6.44. The van der Waals surface area contributed by atoms with E-state index in [4.69, 9.17) is 28.9 Å². The van der Waals surface area contributed by atoms with E-state index in [2.05, 4.69) is 15.5 Å². The van der Waals surface area contributed by atoms with Gasteiger partial charge in [-0.1, -0.05) is 23.2 Å². The van der Waals surface area contributed by atoms with Gasteiger partial charge < -0.3 is 15.6 Å². The lowest BCUT2D eigenvalue weighted by Gasteiger charge is -2.08. The third kappa shape index (κ3) is 3.20. The van der Waals surface area contributed by atoms with E-state index in [0.717, 1.165) is 5.82 Å². The fraction of sp³-hybridized carbons (Fsp3) is 0.250. The summed E-state index contributed by atoms with van der Waals surface area (Å²) in [4.78, 5) is 12.0. The highest BCUT2D eigenvalue weighted by atomic mass is 35.5. The maximum atomic E-state index is 12.0. The molecule has 0 saturated carbocycles. The molecule has 6 nitrogen and oxygen atoms in total. The van der Waals surface area contributed by atoms with Crippen LogP contribution in [0.15, 0.2) is 18.5 Å². The number of carbonyl (C=O) groups excluding carboxylic acids is 1. The van der Waals surface area contributed by atoms with E-state index in [-0.39, 0.29) is 21.5 Å². The summed E-state index contributed by atoms with van der Waals surface area (Å²) in [6.07, 6.45) is 2.17. The molecular formula is C12H13Cl2N5O. The second kappa shape index (κ2) is 6.11. The second-order valence-corrected chi connectivity index (χ2v) is 5.01. The van der Waals surface area contributed by atoms with Gasteiger partial charge in [-0.05, 0) is 12.1 Å². The molecule has 0 fully saturated rings. The van der Waals surface area contributed by atoms with E-state index in [0.29, 0.717) is 18.7 Å². The molecule has 2 rings (SSSR count). The van der Waals surface area contributed by atoms with Crippen LogP contribution in [0.2, 0.25) is 10.0 Å². The molecular weight excluding hydrogens is 301 g/mol. The lowest BCUT2D eigenvalue weighted by Crippen LogP contribution is -2.26. The van der Waals surface area contributed by atoms with E-state index in [1.807, 2.05) is 7.05 Å².